The highest BCUT2D eigenvalue weighted by Crippen LogP contribution is 2.64. The average Bonchev–Trinajstić information content (AvgIpc) is 3.81. The molecule has 0 heterocycles. The minimum atomic E-state index is -0.417. The Balaban J connectivity index is 0.936. The lowest BCUT2D eigenvalue weighted by Gasteiger charge is -2.31. The Morgan fingerprint density at radius 1 is 0.222 bits per heavy atom. The summed E-state index contributed by atoms with van der Waals surface area (Å²) in [6.45, 7) is 0. The van der Waals surface area contributed by atoms with Crippen molar-refractivity contribution in [2.24, 2.45) is 0 Å². The molecule has 12 aromatic rings. The van der Waals surface area contributed by atoms with E-state index in [1.54, 1.807) is 0 Å². The van der Waals surface area contributed by atoms with Crippen LogP contribution in [0.15, 0.2) is 231 Å². The van der Waals surface area contributed by atoms with Crippen molar-refractivity contribution in [3.05, 3.63) is 253 Å². The van der Waals surface area contributed by atoms with Gasteiger partial charge in [0.2, 0.25) is 0 Å². The van der Waals surface area contributed by atoms with E-state index in [4.69, 9.17) is 0 Å². The highest BCUT2D eigenvalue weighted by atomic mass is 14.5. The lowest BCUT2D eigenvalue weighted by Crippen LogP contribution is -2.26. The molecule has 0 atom stereocenters. The van der Waals surface area contributed by atoms with Crippen molar-refractivity contribution >= 4 is 53.9 Å². The predicted molar refractivity (Wildman–Crippen MR) is 267 cm³/mol. The Morgan fingerprint density at radius 2 is 0.730 bits per heavy atom. The summed E-state index contributed by atoms with van der Waals surface area (Å²) >= 11 is 0. The molecule has 14 rings (SSSR count). The molecule has 1 spiro atoms. The first-order valence-corrected chi connectivity index (χ1v) is 22.1. The van der Waals surface area contributed by atoms with E-state index in [0.717, 1.165) is 0 Å². The van der Waals surface area contributed by atoms with Gasteiger partial charge < -0.3 is 0 Å². The molecule has 0 nitrogen and oxygen atoms in total. The summed E-state index contributed by atoms with van der Waals surface area (Å²) in [5.41, 5.74) is 17.9. The third kappa shape index (κ3) is 4.70. The number of hydrogen-bond acceptors (Lipinski definition) is 0. The Bertz CT molecular complexity index is 3790. The molecular formula is C63H38. The van der Waals surface area contributed by atoms with Crippen molar-refractivity contribution in [1.29, 1.82) is 0 Å². The summed E-state index contributed by atoms with van der Waals surface area (Å²) in [6.07, 6.45) is 0. The van der Waals surface area contributed by atoms with Crippen molar-refractivity contribution in [2.75, 3.05) is 0 Å². The topological polar surface area (TPSA) is 0 Å². The van der Waals surface area contributed by atoms with Gasteiger partial charge in [-0.25, -0.2) is 0 Å². The zero-order valence-electron chi connectivity index (χ0n) is 34.4. The standard InChI is InChI=1S/C63H38/c1-2-16-43-38-59-56(37-42(43)15-1)55-35-33-45-36-44(32-34-47(45)62(55)63(59)57-26-11-9-19-48(57)49-20-10-12-27-58(49)63)39-28-30-41(31-29-39)60-51-21-5-7-23-53(51)61(54-24-8-6-22-52(54)60)50-25-13-17-40-14-3-4-18-46(40)50/h1-38H. The van der Waals surface area contributed by atoms with E-state index < -0.39 is 5.41 Å². The third-order valence-corrected chi connectivity index (χ3v) is 14.4. The van der Waals surface area contributed by atoms with Gasteiger partial charge in [-0.1, -0.05) is 212 Å². The molecule has 0 aromatic heterocycles. The van der Waals surface area contributed by atoms with Crippen LogP contribution in [0, 0.1) is 0 Å². The molecule has 0 N–H and O–H groups in total. The molecule has 290 valence electrons. The molecule has 0 saturated carbocycles. The Morgan fingerprint density at radius 3 is 1.41 bits per heavy atom. The zero-order chi connectivity index (χ0) is 41.2. The fraction of sp³-hybridized carbons (Fsp3) is 0.0159. The van der Waals surface area contributed by atoms with Gasteiger partial charge in [0, 0.05) is 0 Å². The Labute approximate surface area is 366 Å². The van der Waals surface area contributed by atoms with E-state index in [9.17, 15) is 0 Å². The Hall–Kier alpha value is -8.06. The second-order valence-corrected chi connectivity index (χ2v) is 17.5. The van der Waals surface area contributed by atoms with Crippen LogP contribution in [-0.2, 0) is 5.41 Å². The van der Waals surface area contributed by atoms with Gasteiger partial charge in [0.15, 0.2) is 0 Å². The van der Waals surface area contributed by atoms with E-state index in [2.05, 4.69) is 231 Å². The van der Waals surface area contributed by atoms with Gasteiger partial charge in [-0.2, -0.15) is 0 Å². The smallest absolute Gasteiger partial charge is 0.0619 e. The number of rotatable bonds is 3. The largest absolute Gasteiger partial charge is 0.0731 e. The summed E-state index contributed by atoms with van der Waals surface area (Å²) in [7, 11) is 0. The molecule has 0 amide bonds. The second kappa shape index (κ2) is 13.0. The van der Waals surface area contributed by atoms with E-state index in [1.165, 1.54) is 132 Å². The summed E-state index contributed by atoms with van der Waals surface area (Å²) in [4.78, 5) is 0. The molecule has 63 heavy (non-hydrogen) atoms. The van der Waals surface area contributed by atoms with E-state index >= 15 is 0 Å². The lowest BCUT2D eigenvalue weighted by atomic mass is 9.69. The molecule has 0 aliphatic heterocycles. The van der Waals surface area contributed by atoms with Crippen molar-refractivity contribution in [3.8, 4) is 55.6 Å². The third-order valence-electron chi connectivity index (χ3n) is 14.4. The van der Waals surface area contributed by atoms with Crippen LogP contribution in [0.25, 0.3) is 109 Å². The fourth-order valence-electron chi connectivity index (χ4n) is 11.8. The van der Waals surface area contributed by atoms with Crippen LogP contribution in [-0.4, -0.2) is 0 Å². The highest BCUT2D eigenvalue weighted by molar-refractivity contribution is 6.23. The van der Waals surface area contributed by atoms with Gasteiger partial charge in [-0.15, -0.1) is 0 Å². The summed E-state index contributed by atoms with van der Waals surface area (Å²) < 4.78 is 0. The highest BCUT2D eigenvalue weighted by Gasteiger charge is 2.52. The number of fused-ring (bicyclic) bond motifs is 16. The second-order valence-electron chi connectivity index (χ2n) is 17.5. The minimum Gasteiger partial charge on any atom is -0.0619 e. The maximum absolute atomic E-state index is 2.48. The number of benzene rings is 12. The first-order chi connectivity index (χ1) is 31.3. The van der Waals surface area contributed by atoms with Crippen LogP contribution < -0.4 is 0 Å². The zero-order valence-corrected chi connectivity index (χ0v) is 34.4. The van der Waals surface area contributed by atoms with Crippen molar-refractivity contribution < 1.29 is 0 Å². The predicted octanol–water partition coefficient (Wildman–Crippen LogP) is 16.8. The fourth-order valence-corrected chi connectivity index (χ4v) is 11.8. The van der Waals surface area contributed by atoms with Gasteiger partial charge >= 0.3 is 0 Å². The van der Waals surface area contributed by atoms with Gasteiger partial charge in [-0.3, -0.25) is 0 Å². The van der Waals surface area contributed by atoms with Gasteiger partial charge in [0.05, 0.1) is 5.41 Å². The molecule has 0 saturated heterocycles. The molecule has 2 aliphatic rings. The minimum absolute atomic E-state index is 0.417. The van der Waals surface area contributed by atoms with Crippen LogP contribution in [0.2, 0.25) is 0 Å². The molecular weight excluding hydrogens is 757 g/mol. The quantitative estimate of drug-likeness (QED) is 0.156. The van der Waals surface area contributed by atoms with E-state index in [1.807, 2.05) is 0 Å². The first kappa shape index (κ1) is 34.6. The van der Waals surface area contributed by atoms with Crippen molar-refractivity contribution in [3.63, 3.8) is 0 Å². The average molecular weight is 795 g/mol. The Kier molecular flexibility index (Phi) is 7.13. The number of hydrogen-bond donors (Lipinski definition) is 0. The molecule has 0 radical (unpaired) electrons. The van der Waals surface area contributed by atoms with Gasteiger partial charge in [-0.05, 0) is 150 Å². The van der Waals surface area contributed by atoms with Crippen LogP contribution >= 0.6 is 0 Å². The van der Waals surface area contributed by atoms with Crippen LogP contribution in [0.1, 0.15) is 22.3 Å². The van der Waals surface area contributed by atoms with Gasteiger partial charge in [0.25, 0.3) is 0 Å². The maximum atomic E-state index is 2.48. The molecule has 0 fully saturated rings. The van der Waals surface area contributed by atoms with E-state index in [0.29, 0.717) is 0 Å². The molecule has 0 bridgehead atoms. The summed E-state index contributed by atoms with van der Waals surface area (Å²) in [5, 5.41) is 12.7. The monoisotopic (exact) mass is 794 g/mol. The SMILES string of the molecule is c1ccc2c(c1)-c1ccccc1C21c2cc3ccccc3cc2-c2ccc3cc(-c4ccc(-c5c6ccccc6c(-c6cccc7ccccc67)c6ccccc56)cc4)ccc3c21. The van der Waals surface area contributed by atoms with Crippen molar-refractivity contribution in [2.45, 2.75) is 5.41 Å². The maximum Gasteiger partial charge on any atom is 0.0731 e. The van der Waals surface area contributed by atoms with Gasteiger partial charge in [0.1, 0.15) is 0 Å². The lowest BCUT2D eigenvalue weighted by molar-refractivity contribution is 0.802. The molecule has 12 aromatic carbocycles. The normalized spacial score (nSPS) is 13.2. The summed E-state index contributed by atoms with van der Waals surface area (Å²) in [6, 6.07) is 86.6. The van der Waals surface area contributed by atoms with Crippen LogP contribution in [0.4, 0.5) is 0 Å². The molecule has 2 aliphatic carbocycles. The van der Waals surface area contributed by atoms with Crippen LogP contribution in [0.5, 0.6) is 0 Å². The first-order valence-electron chi connectivity index (χ1n) is 22.1. The van der Waals surface area contributed by atoms with Crippen LogP contribution in [0.3, 0.4) is 0 Å². The van der Waals surface area contributed by atoms with E-state index in [-0.39, 0.29) is 0 Å². The summed E-state index contributed by atoms with van der Waals surface area (Å²) in [5.74, 6) is 0. The molecule has 0 heteroatoms. The van der Waals surface area contributed by atoms with Crippen molar-refractivity contribution in [1.82, 2.24) is 0 Å². The molecule has 0 unspecified atom stereocenters.